The van der Waals surface area contributed by atoms with Gasteiger partial charge in [0, 0.05) is 32.7 Å². The zero-order chi connectivity index (χ0) is 18.2. The van der Waals surface area contributed by atoms with Gasteiger partial charge in [-0.2, -0.15) is 0 Å². The smallest absolute Gasteiger partial charge is 0.335 e. The summed E-state index contributed by atoms with van der Waals surface area (Å²) in [5.74, 6) is -0.356. The lowest BCUT2D eigenvalue weighted by molar-refractivity contribution is -0.130. The normalized spacial score (nSPS) is 10.3. The van der Waals surface area contributed by atoms with E-state index in [-0.39, 0.29) is 18.1 Å². The fraction of sp³-hybridized carbons (Fsp3) is 0.263. The number of carboxylic acids is 1. The van der Waals surface area contributed by atoms with Gasteiger partial charge in [-0.3, -0.25) is 4.79 Å². The molecule has 0 aliphatic heterocycles. The number of benzene rings is 2. The van der Waals surface area contributed by atoms with Gasteiger partial charge in [-0.1, -0.05) is 30.3 Å². The molecule has 0 aliphatic carbocycles. The number of carbonyl (C=O) groups is 2. The summed E-state index contributed by atoms with van der Waals surface area (Å²) in [7, 11) is 3.38. The Balaban J connectivity index is 1.90. The first-order chi connectivity index (χ1) is 12.0. The number of aromatic carboxylic acids is 1. The Morgan fingerprint density at radius 2 is 1.72 bits per heavy atom. The van der Waals surface area contributed by atoms with Crippen LogP contribution in [0.2, 0.25) is 0 Å². The third kappa shape index (κ3) is 5.61. The Bertz CT molecular complexity index is 726. The molecule has 0 aliphatic rings. The van der Waals surface area contributed by atoms with Crippen molar-refractivity contribution < 1.29 is 19.4 Å². The van der Waals surface area contributed by atoms with Crippen LogP contribution in [0, 0.1) is 0 Å². The van der Waals surface area contributed by atoms with Crippen LogP contribution in [0.1, 0.15) is 21.5 Å². The molecule has 6 heteroatoms. The van der Waals surface area contributed by atoms with Crippen molar-refractivity contribution in [1.82, 2.24) is 10.2 Å². The minimum Gasteiger partial charge on any atom is -0.483 e. The van der Waals surface area contributed by atoms with Gasteiger partial charge in [-0.25, -0.2) is 4.79 Å². The van der Waals surface area contributed by atoms with Crippen LogP contribution in [0.15, 0.2) is 48.5 Å². The molecule has 0 spiro atoms. The third-order valence-electron chi connectivity index (χ3n) is 3.67. The van der Waals surface area contributed by atoms with Gasteiger partial charge in [0.25, 0.3) is 5.91 Å². The Morgan fingerprint density at radius 1 is 1.04 bits per heavy atom. The molecular weight excluding hydrogens is 320 g/mol. The second-order valence-electron chi connectivity index (χ2n) is 5.79. The van der Waals surface area contributed by atoms with E-state index in [2.05, 4.69) is 5.32 Å². The number of likely N-dealkylation sites (N-methyl/N-ethyl adjacent to an activating group) is 1. The number of carbonyl (C=O) groups excluding carboxylic acids is 1. The number of nitrogens with one attached hydrogen (secondary N) is 1. The van der Waals surface area contributed by atoms with E-state index in [9.17, 15) is 9.59 Å². The van der Waals surface area contributed by atoms with E-state index in [0.29, 0.717) is 18.8 Å². The quantitative estimate of drug-likeness (QED) is 0.768. The van der Waals surface area contributed by atoms with Crippen LogP contribution in [0.4, 0.5) is 0 Å². The van der Waals surface area contributed by atoms with Gasteiger partial charge in [0.05, 0.1) is 5.56 Å². The minimum absolute atomic E-state index is 0.000659. The van der Waals surface area contributed by atoms with Crippen molar-refractivity contribution in [2.24, 2.45) is 0 Å². The predicted octanol–water partition coefficient (Wildman–Crippen LogP) is 2.14. The summed E-state index contributed by atoms with van der Waals surface area (Å²) < 4.78 is 5.61. The summed E-state index contributed by atoms with van der Waals surface area (Å²) in [6.07, 6.45) is 0. The lowest BCUT2D eigenvalue weighted by atomic mass is 10.1. The molecule has 0 atom stereocenters. The summed E-state index contributed by atoms with van der Waals surface area (Å²) in [6, 6.07) is 14.3. The van der Waals surface area contributed by atoms with Crippen LogP contribution < -0.4 is 10.1 Å². The first kappa shape index (κ1) is 18.5. The predicted molar refractivity (Wildman–Crippen MR) is 94.6 cm³/mol. The largest absolute Gasteiger partial charge is 0.483 e. The molecule has 2 rings (SSSR count). The SMILES string of the molecule is CN(C)C(=O)COc1ccccc1CNCc1ccc(C(=O)O)cc1. The maximum Gasteiger partial charge on any atom is 0.335 e. The Morgan fingerprint density at radius 3 is 2.36 bits per heavy atom. The number of hydrogen-bond donors (Lipinski definition) is 2. The van der Waals surface area contributed by atoms with E-state index in [1.165, 1.54) is 4.90 Å². The highest BCUT2D eigenvalue weighted by atomic mass is 16.5. The topological polar surface area (TPSA) is 78.9 Å². The Kier molecular flexibility index (Phi) is 6.54. The van der Waals surface area contributed by atoms with Gasteiger partial charge in [0.15, 0.2) is 6.61 Å². The van der Waals surface area contributed by atoms with Crippen LogP contribution in [0.25, 0.3) is 0 Å². The van der Waals surface area contributed by atoms with E-state index in [0.717, 1.165) is 11.1 Å². The standard InChI is InChI=1S/C19H22N2O4/c1-21(2)18(22)13-25-17-6-4-3-5-16(17)12-20-11-14-7-9-15(10-8-14)19(23)24/h3-10,20H,11-13H2,1-2H3,(H,23,24). The number of carboxylic acid groups (broad SMARTS) is 1. The van der Waals surface area contributed by atoms with Gasteiger partial charge >= 0.3 is 5.97 Å². The van der Waals surface area contributed by atoms with Crippen molar-refractivity contribution in [2.45, 2.75) is 13.1 Å². The lowest BCUT2D eigenvalue weighted by Gasteiger charge is -2.14. The molecule has 0 aromatic heterocycles. The molecule has 0 radical (unpaired) electrons. The monoisotopic (exact) mass is 342 g/mol. The molecule has 0 fully saturated rings. The van der Waals surface area contributed by atoms with Crippen LogP contribution in [-0.4, -0.2) is 42.6 Å². The molecule has 2 aromatic carbocycles. The second kappa shape index (κ2) is 8.84. The van der Waals surface area contributed by atoms with Gasteiger partial charge in [-0.05, 0) is 23.8 Å². The van der Waals surface area contributed by atoms with Crippen molar-refractivity contribution >= 4 is 11.9 Å². The number of amides is 1. The van der Waals surface area contributed by atoms with Gasteiger partial charge in [-0.15, -0.1) is 0 Å². The van der Waals surface area contributed by atoms with Crippen molar-refractivity contribution in [1.29, 1.82) is 0 Å². The molecule has 0 bridgehead atoms. The summed E-state index contributed by atoms with van der Waals surface area (Å²) in [6.45, 7) is 1.18. The fourth-order valence-corrected chi connectivity index (χ4v) is 2.17. The first-order valence-electron chi connectivity index (χ1n) is 7.91. The Hall–Kier alpha value is -2.86. The lowest BCUT2D eigenvalue weighted by Crippen LogP contribution is -2.27. The molecule has 6 nitrogen and oxygen atoms in total. The van der Waals surface area contributed by atoms with E-state index in [1.54, 1.807) is 38.4 Å². The molecule has 2 aromatic rings. The molecule has 2 N–H and O–H groups in total. The van der Waals surface area contributed by atoms with Gasteiger partial charge < -0.3 is 20.1 Å². The van der Waals surface area contributed by atoms with Crippen LogP contribution in [0.3, 0.4) is 0 Å². The average molecular weight is 342 g/mol. The maximum absolute atomic E-state index is 11.6. The molecule has 0 unspecified atom stereocenters. The van der Waals surface area contributed by atoms with E-state index < -0.39 is 5.97 Å². The zero-order valence-corrected chi connectivity index (χ0v) is 14.4. The van der Waals surface area contributed by atoms with Crippen molar-refractivity contribution in [3.05, 3.63) is 65.2 Å². The van der Waals surface area contributed by atoms with Crippen molar-refractivity contribution in [2.75, 3.05) is 20.7 Å². The molecule has 0 saturated carbocycles. The molecule has 1 amide bonds. The highest BCUT2D eigenvalue weighted by Gasteiger charge is 2.08. The summed E-state index contributed by atoms with van der Waals surface area (Å²) in [5.41, 5.74) is 2.22. The maximum atomic E-state index is 11.6. The van der Waals surface area contributed by atoms with Crippen LogP contribution in [0.5, 0.6) is 5.75 Å². The minimum atomic E-state index is -0.933. The van der Waals surface area contributed by atoms with Crippen molar-refractivity contribution in [3.63, 3.8) is 0 Å². The van der Waals surface area contributed by atoms with Gasteiger partial charge in [0.2, 0.25) is 0 Å². The molecule has 132 valence electrons. The average Bonchev–Trinajstić information content (AvgIpc) is 2.61. The van der Waals surface area contributed by atoms with Gasteiger partial charge in [0.1, 0.15) is 5.75 Å². The number of nitrogens with zero attached hydrogens (tertiary/aromatic N) is 1. The van der Waals surface area contributed by atoms with Crippen LogP contribution in [-0.2, 0) is 17.9 Å². The second-order valence-corrected chi connectivity index (χ2v) is 5.79. The van der Waals surface area contributed by atoms with Crippen LogP contribution >= 0.6 is 0 Å². The zero-order valence-electron chi connectivity index (χ0n) is 14.4. The molecule has 0 saturated heterocycles. The summed E-state index contributed by atoms with van der Waals surface area (Å²) in [5, 5.41) is 12.2. The Labute approximate surface area is 147 Å². The number of rotatable bonds is 8. The molecular formula is C19H22N2O4. The number of para-hydroxylation sites is 1. The summed E-state index contributed by atoms with van der Waals surface area (Å²) >= 11 is 0. The highest BCUT2D eigenvalue weighted by Crippen LogP contribution is 2.18. The highest BCUT2D eigenvalue weighted by molar-refractivity contribution is 5.87. The fourth-order valence-electron chi connectivity index (χ4n) is 2.17. The van der Waals surface area contributed by atoms with E-state index >= 15 is 0 Å². The van der Waals surface area contributed by atoms with Crippen molar-refractivity contribution in [3.8, 4) is 5.75 Å². The number of ether oxygens (including phenoxy) is 1. The number of hydrogen-bond acceptors (Lipinski definition) is 4. The first-order valence-corrected chi connectivity index (χ1v) is 7.91. The van der Waals surface area contributed by atoms with E-state index in [4.69, 9.17) is 9.84 Å². The molecule has 0 heterocycles. The summed E-state index contributed by atoms with van der Waals surface area (Å²) in [4.78, 5) is 24.0. The molecule has 25 heavy (non-hydrogen) atoms. The third-order valence-corrected chi connectivity index (χ3v) is 3.67. The van der Waals surface area contributed by atoms with E-state index in [1.807, 2.05) is 24.3 Å².